The van der Waals surface area contributed by atoms with Crippen molar-refractivity contribution in [3.63, 3.8) is 0 Å². The Kier molecular flexibility index (Phi) is 5.14. The van der Waals surface area contributed by atoms with Gasteiger partial charge in [-0.3, -0.25) is 4.98 Å². The van der Waals surface area contributed by atoms with Crippen molar-refractivity contribution >= 4 is 0 Å². The summed E-state index contributed by atoms with van der Waals surface area (Å²) in [5.41, 5.74) is 0.958. The standard InChI is InChI=1S/C15H25N3O/c1-4-16-8-13-9-18-15(10-17-13)19-14-6-5-11(2)12(3)7-14/h9-12,14,16H,4-8H2,1-3H3. The van der Waals surface area contributed by atoms with Crippen molar-refractivity contribution < 1.29 is 4.74 Å². The van der Waals surface area contributed by atoms with Gasteiger partial charge in [-0.1, -0.05) is 20.8 Å². The Hall–Kier alpha value is -1.16. The van der Waals surface area contributed by atoms with E-state index >= 15 is 0 Å². The molecule has 1 heterocycles. The predicted octanol–water partition coefficient (Wildman–Crippen LogP) is 2.79. The fourth-order valence-electron chi connectivity index (χ4n) is 2.52. The second kappa shape index (κ2) is 6.85. The summed E-state index contributed by atoms with van der Waals surface area (Å²) in [5, 5.41) is 3.23. The molecule has 1 aromatic rings. The number of aromatic nitrogens is 2. The molecule has 1 fully saturated rings. The highest BCUT2D eigenvalue weighted by molar-refractivity contribution is 5.07. The molecule has 1 aliphatic rings. The summed E-state index contributed by atoms with van der Waals surface area (Å²) in [6, 6.07) is 0. The van der Waals surface area contributed by atoms with E-state index in [4.69, 9.17) is 4.74 Å². The Bertz CT molecular complexity index is 379. The third kappa shape index (κ3) is 4.16. The van der Waals surface area contributed by atoms with Crippen LogP contribution >= 0.6 is 0 Å². The molecule has 4 heteroatoms. The normalized spacial score (nSPS) is 27.2. The molecule has 2 rings (SSSR count). The number of rotatable bonds is 5. The van der Waals surface area contributed by atoms with E-state index in [0.717, 1.165) is 43.5 Å². The lowest BCUT2D eigenvalue weighted by atomic mass is 9.80. The Balaban J connectivity index is 1.85. The molecule has 3 unspecified atom stereocenters. The van der Waals surface area contributed by atoms with Gasteiger partial charge in [-0.2, -0.15) is 0 Å². The molecule has 4 nitrogen and oxygen atoms in total. The molecule has 0 bridgehead atoms. The van der Waals surface area contributed by atoms with E-state index in [1.807, 2.05) is 0 Å². The lowest BCUT2D eigenvalue weighted by molar-refractivity contribution is 0.0960. The van der Waals surface area contributed by atoms with Crippen molar-refractivity contribution in [1.29, 1.82) is 0 Å². The van der Waals surface area contributed by atoms with Crippen LogP contribution in [0.1, 0.15) is 45.7 Å². The van der Waals surface area contributed by atoms with Gasteiger partial charge in [0.05, 0.1) is 18.1 Å². The first kappa shape index (κ1) is 14.3. The topological polar surface area (TPSA) is 47.0 Å². The van der Waals surface area contributed by atoms with E-state index in [2.05, 4.69) is 36.1 Å². The lowest BCUT2D eigenvalue weighted by Gasteiger charge is -2.31. The van der Waals surface area contributed by atoms with Gasteiger partial charge >= 0.3 is 0 Å². The third-order valence-corrected chi connectivity index (χ3v) is 4.08. The molecule has 19 heavy (non-hydrogen) atoms. The molecule has 0 amide bonds. The summed E-state index contributed by atoms with van der Waals surface area (Å²) in [4.78, 5) is 8.71. The molecule has 1 aromatic heterocycles. The van der Waals surface area contributed by atoms with Crippen molar-refractivity contribution in [2.75, 3.05) is 6.54 Å². The summed E-state index contributed by atoms with van der Waals surface area (Å²) in [5.74, 6) is 2.21. The van der Waals surface area contributed by atoms with Crippen LogP contribution in [-0.2, 0) is 6.54 Å². The first-order valence-corrected chi connectivity index (χ1v) is 7.37. The van der Waals surface area contributed by atoms with Gasteiger partial charge in [0.15, 0.2) is 0 Å². The minimum Gasteiger partial charge on any atom is -0.473 e. The molecule has 0 aliphatic heterocycles. The molecule has 3 atom stereocenters. The molecule has 106 valence electrons. The van der Waals surface area contributed by atoms with E-state index in [0.29, 0.717) is 12.0 Å². The van der Waals surface area contributed by atoms with Gasteiger partial charge in [-0.25, -0.2) is 4.98 Å². The van der Waals surface area contributed by atoms with Gasteiger partial charge in [-0.05, 0) is 37.6 Å². The van der Waals surface area contributed by atoms with Gasteiger partial charge in [-0.15, -0.1) is 0 Å². The molecule has 0 saturated heterocycles. The average molecular weight is 263 g/mol. The molecular weight excluding hydrogens is 238 g/mol. The molecule has 1 N–H and O–H groups in total. The minimum absolute atomic E-state index is 0.306. The van der Waals surface area contributed by atoms with E-state index in [9.17, 15) is 0 Å². The highest BCUT2D eigenvalue weighted by Crippen LogP contribution is 2.31. The van der Waals surface area contributed by atoms with Crippen LogP contribution in [0.3, 0.4) is 0 Å². The summed E-state index contributed by atoms with van der Waals surface area (Å²) in [6.45, 7) is 8.43. The predicted molar refractivity (Wildman–Crippen MR) is 76.0 cm³/mol. The quantitative estimate of drug-likeness (QED) is 0.887. The van der Waals surface area contributed by atoms with E-state index in [1.54, 1.807) is 12.4 Å². The largest absolute Gasteiger partial charge is 0.473 e. The minimum atomic E-state index is 0.306. The lowest BCUT2D eigenvalue weighted by Crippen LogP contribution is -2.29. The van der Waals surface area contributed by atoms with E-state index < -0.39 is 0 Å². The SMILES string of the molecule is CCNCc1cnc(OC2CCC(C)C(C)C2)cn1. The summed E-state index contributed by atoms with van der Waals surface area (Å²) in [6.07, 6.45) is 7.36. The molecule has 0 aromatic carbocycles. The Labute approximate surface area is 116 Å². The summed E-state index contributed by atoms with van der Waals surface area (Å²) in [7, 11) is 0. The van der Waals surface area contributed by atoms with Gasteiger partial charge in [0.25, 0.3) is 0 Å². The highest BCUT2D eigenvalue weighted by Gasteiger charge is 2.25. The fraction of sp³-hybridized carbons (Fsp3) is 0.733. The fourth-order valence-corrected chi connectivity index (χ4v) is 2.52. The molecule has 1 aliphatic carbocycles. The van der Waals surface area contributed by atoms with Crippen molar-refractivity contribution in [1.82, 2.24) is 15.3 Å². The van der Waals surface area contributed by atoms with Crippen LogP contribution in [0.2, 0.25) is 0 Å². The van der Waals surface area contributed by atoms with E-state index in [1.165, 1.54) is 6.42 Å². The number of hydrogen-bond donors (Lipinski definition) is 1. The van der Waals surface area contributed by atoms with Crippen molar-refractivity contribution in [2.24, 2.45) is 11.8 Å². The van der Waals surface area contributed by atoms with Gasteiger partial charge in [0.2, 0.25) is 5.88 Å². The maximum atomic E-state index is 5.94. The first-order chi connectivity index (χ1) is 9.19. The highest BCUT2D eigenvalue weighted by atomic mass is 16.5. The summed E-state index contributed by atoms with van der Waals surface area (Å²) >= 11 is 0. The molecule has 1 saturated carbocycles. The monoisotopic (exact) mass is 263 g/mol. The van der Waals surface area contributed by atoms with Crippen molar-refractivity contribution in [3.05, 3.63) is 18.1 Å². The van der Waals surface area contributed by atoms with E-state index in [-0.39, 0.29) is 0 Å². The van der Waals surface area contributed by atoms with Crippen molar-refractivity contribution in [2.45, 2.75) is 52.7 Å². The first-order valence-electron chi connectivity index (χ1n) is 7.37. The zero-order valence-electron chi connectivity index (χ0n) is 12.2. The van der Waals surface area contributed by atoms with Crippen LogP contribution in [0.15, 0.2) is 12.4 Å². The van der Waals surface area contributed by atoms with Crippen LogP contribution in [0.25, 0.3) is 0 Å². The average Bonchev–Trinajstić information content (AvgIpc) is 2.42. The maximum Gasteiger partial charge on any atom is 0.232 e. The zero-order valence-corrected chi connectivity index (χ0v) is 12.2. The Morgan fingerprint density at radius 2 is 2.05 bits per heavy atom. The Morgan fingerprint density at radius 1 is 1.21 bits per heavy atom. The second-order valence-electron chi connectivity index (χ2n) is 5.63. The second-order valence-corrected chi connectivity index (χ2v) is 5.63. The van der Waals surface area contributed by atoms with Crippen LogP contribution < -0.4 is 10.1 Å². The van der Waals surface area contributed by atoms with Crippen LogP contribution in [0.4, 0.5) is 0 Å². The van der Waals surface area contributed by atoms with Gasteiger partial charge in [0, 0.05) is 6.54 Å². The van der Waals surface area contributed by atoms with Crippen LogP contribution in [0.5, 0.6) is 5.88 Å². The smallest absolute Gasteiger partial charge is 0.232 e. The number of nitrogens with one attached hydrogen (secondary N) is 1. The van der Waals surface area contributed by atoms with Crippen LogP contribution in [0, 0.1) is 11.8 Å². The molecule has 0 spiro atoms. The number of nitrogens with zero attached hydrogens (tertiary/aromatic N) is 2. The Morgan fingerprint density at radius 3 is 2.68 bits per heavy atom. The molecule has 0 radical (unpaired) electrons. The maximum absolute atomic E-state index is 5.94. The van der Waals surface area contributed by atoms with Gasteiger partial charge < -0.3 is 10.1 Å². The zero-order chi connectivity index (χ0) is 13.7. The summed E-state index contributed by atoms with van der Waals surface area (Å²) < 4.78 is 5.94. The van der Waals surface area contributed by atoms with Crippen molar-refractivity contribution in [3.8, 4) is 5.88 Å². The van der Waals surface area contributed by atoms with Crippen LogP contribution in [-0.4, -0.2) is 22.6 Å². The number of ether oxygens (including phenoxy) is 1. The third-order valence-electron chi connectivity index (χ3n) is 4.08. The number of hydrogen-bond acceptors (Lipinski definition) is 4. The molecular formula is C15H25N3O. The van der Waals surface area contributed by atoms with Gasteiger partial charge in [0.1, 0.15) is 6.10 Å².